The van der Waals surface area contributed by atoms with E-state index in [2.05, 4.69) is 11.4 Å². The third-order valence-corrected chi connectivity index (χ3v) is 5.87. The number of aryl methyl sites for hydroxylation is 2. The molecule has 1 heterocycles. The summed E-state index contributed by atoms with van der Waals surface area (Å²) < 4.78 is 6.78. The molecular weight excluding hydrogens is 404 g/mol. The van der Waals surface area contributed by atoms with Crippen molar-refractivity contribution in [3.8, 4) is 16.3 Å². The van der Waals surface area contributed by atoms with Gasteiger partial charge in [0.15, 0.2) is 6.61 Å². The summed E-state index contributed by atoms with van der Waals surface area (Å²) >= 11 is 7.59. The SMILES string of the molecule is Cc1ccc(-c2nc3ccccc3s2)cc1NC(=O)COc1ccc(Cl)cc1C. The smallest absolute Gasteiger partial charge is 0.262 e. The number of carbonyl (C=O) groups excluding carboxylic acids is 1. The van der Waals surface area contributed by atoms with Crippen LogP contribution in [0.4, 0.5) is 5.69 Å². The third-order valence-electron chi connectivity index (χ3n) is 4.55. The van der Waals surface area contributed by atoms with Crippen molar-refractivity contribution in [2.45, 2.75) is 13.8 Å². The average molecular weight is 423 g/mol. The lowest BCUT2D eigenvalue weighted by Crippen LogP contribution is -2.21. The van der Waals surface area contributed by atoms with Gasteiger partial charge in [0.25, 0.3) is 5.91 Å². The molecule has 0 radical (unpaired) electrons. The number of hydrogen-bond donors (Lipinski definition) is 1. The topological polar surface area (TPSA) is 51.2 Å². The number of halogens is 1. The van der Waals surface area contributed by atoms with Gasteiger partial charge >= 0.3 is 0 Å². The second-order valence-electron chi connectivity index (χ2n) is 6.76. The van der Waals surface area contributed by atoms with Gasteiger partial charge in [-0.1, -0.05) is 35.9 Å². The first kappa shape index (κ1) is 19.4. The van der Waals surface area contributed by atoms with Crippen molar-refractivity contribution in [1.29, 1.82) is 0 Å². The molecule has 0 spiro atoms. The van der Waals surface area contributed by atoms with Crippen LogP contribution >= 0.6 is 22.9 Å². The van der Waals surface area contributed by atoms with Crippen LogP contribution in [-0.2, 0) is 4.79 Å². The van der Waals surface area contributed by atoms with Gasteiger partial charge in [-0.05, 0) is 61.4 Å². The fourth-order valence-corrected chi connectivity index (χ4v) is 4.18. The molecule has 1 N–H and O–H groups in total. The highest BCUT2D eigenvalue weighted by atomic mass is 35.5. The summed E-state index contributed by atoms with van der Waals surface area (Å²) in [5.74, 6) is 0.424. The van der Waals surface area contributed by atoms with Crippen molar-refractivity contribution in [2.75, 3.05) is 11.9 Å². The predicted molar refractivity (Wildman–Crippen MR) is 120 cm³/mol. The van der Waals surface area contributed by atoms with Crippen LogP contribution < -0.4 is 10.1 Å². The maximum Gasteiger partial charge on any atom is 0.262 e. The van der Waals surface area contributed by atoms with Gasteiger partial charge in [0, 0.05) is 16.3 Å². The molecule has 0 aliphatic rings. The van der Waals surface area contributed by atoms with Gasteiger partial charge in [-0.3, -0.25) is 4.79 Å². The molecule has 0 unspecified atom stereocenters. The Labute approximate surface area is 178 Å². The number of para-hydroxylation sites is 1. The number of rotatable bonds is 5. The lowest BCUT2D eigenvalue weighted by atomic mass is 10.1. The molecule has 0 bridgehead atoms. The van der Waals surface area contributed by atoms with Crippen LogP contribution in [-0.4, -0.2) is 17.5 Å². The second kappa shape index (κ2) is 8.23. The number of carbonyl (C=O) groups is 1. The Kier molecular flexibility index (Phi) is 5.51. The van der Waals surface area contributed by atoms with Crippen LogP contribution in [0.3, 0.4) is 0 Å². The molecule has 3 aromatic carbocycles. The van der Waals surface area contributed by atoms with E-state index in [1.54, 1.807) is 29.5 Å². The zero-order valence-electron chi connectivity index (χ0n) is 16.0. The Morgan fingerprint density at radius 2 is 1.90 bits per heavy atom. The second-order valence-corrected chi connectivity index (χ2v) is 8.23. The predicted octanol–water partition coefficient (Wildman–Crippen LogP) is 6.25. The molecular formula is C23H19ClN2O2S. The van der Waals surface area contributed by atoms with Crippen LogP contribution in [0, 0.1) is 13.8 Å². The van der Waals surface area contributed by atoms with Crippen LogP contribution in [0.5, 0.6) is 5.75 Å². The Morgan fingerprint density at radius 1 is 1.07 bits per heavy atom. The lowest BCUT2D eigenvalue weighted by Gasteiger charge is -2.12. The quantitative estimate of drug-likeness (QED) is 0.413. The van der Waals surface area contributed by atoms with Gasteiger partial charge in [0.1, 0.15) is 10.8 Å². The molecule has 29 heavy (non-hydrogen) atoms. The number of hydrogen-bond acceptors (Lipinski definition) is 4. The van der Waals surface area contributed by atoms with E-state index < -0.39 is 0 Å². The van der Waals surface area contributed by atoms with Crippen molar-refractivity contribution in [3.05, 3.63) is 76.8 Å². The standard InChI is InChI=1S/C23H19ClN2O2S/c1-14-7-8-16(23-26-18-5-3-4-6-21(18)29-23)12-19(14)25-22(27)13-28-20-10-9-17(24)11-15(20)2/h3-12H,13H2,1-2H3,(H,25,27). The molecule has 0 aliphatic carbocycles. The fraction of sp³-hybridized carbons (Fsp3) is 0.130. The number of ether oxygens (including phenoxy) is 1. The zero-order valence-corrected chi connectivity index (χ0v) is 17.6. The van der Waals surface area contributed by atoms with Crippen LogP contribution in [0.15, 0.2) is 60.7 Å². The maximum absolute atomic E-state index is 12.4. The molecule has 6 heteroatoms. The number of fused-ring (bicyclic) bond motifs is 1. The van der Waals surface area contributed by atoms with Gasteiger partial charge in [0.2, 0.25) is 0 Å². The number of nitrogens with zero attached hydrogens (tertiary/aromatic N) is 1. The van der Waals surface area contributed by atoms with E-state index in [4.69, 9.17) is 21.3 Å². The summed E-state index contributed by atoms with van der Waals surface area (Å²) in [6.07, 6.45) is 0. The first-order valence-electron chi connectivity index (χ1n) is 9.15. The number of nitrogens with one attached hydrogen (secondary N) is 1. The molecule has 1 amide bonds. The fourth-order valence-electron chi connectivity index (χ4n) is 2.99. The van der Waals surface area contributed by atoms with Crippen molar-refractivity contribution in [3.63, 3.8) is 0 Å². The normalized spacial score (nSPS) is 10.9. The van der Waals surface area contributed by atoms with Gasteiger partial charge in [0.05, 0.1) is 10.2 Å². The van der Waals surface area contributed by atoms with Crippen molar-refractivity contribution in [2.24, 2.45) is 0 Å². The number of thiazole rings is 1. The van der Waals surface area contributed by atoms with E-state index in [1.165, 1.54) is 0 Å². The van der Waals surface area contributed by atoms with Gasteiger partial charge in [-0.15, -0.1) is 11.3 Å². The van der Waals surface area contributed by atoms with E-state index in [0.717, 1.165) is 37.6 Å². The molecule has 146 valence electrons. The van der Waals surface area contributed by atoms with Crippen LogP contribution in [0.1, 0.15) is 11.1 Å². The number of aromatic nitrogens is 1. The highest BCUT2D eigenvalue weighted by Crippen LogP contribution is 2.32. The Morgan fingerprint density at radius 3 is 2.69 bits per heavy atom. The zero-order chi connectivity index (χ0) is 20.4. The van der Waals surface area contributed by atoms with Crippen LogP contribution in [0.25, 0.3) is 20.8 Å². The molecule has 1 aromatic heterocycles. The summed E-state index contributed by atoms with van der Waals surface area (Å²) in [4.78, 5) is 17.1. The monoisotopic (exact) mass is 422 g/mol. The summed E-state index contributed by atoms with van der Waals surface area (Å²) in [6.45, 7) is 3.78. The summed E-state index contributed by atoms with van der Waals surface area (Å²) in [7, 11) is 0. The summed E-state index contributed by atoms with van der Waals surface area (Å²) in [5.41, 5.74) is 4.57. The molecule has 4 rings (SSSR count). The lowest BCUT2D eigenvalue weighted by molar-refractivity contribution is -0.118. The third kappa shape index (κ3) is 4.42. The van der Waals surface area contributed by atoms with Gasteiger partial charge in [-0.25, -0.2) is 4.98 Å². The van der Waals surface area contributed by atoms with Crippen LogP contribution in [0.2, 0.25) is 5.02 Å². The van der Waals surface area contributed by atoms with Crippen molar-refractivity contribution in [1.82, 2.24) is 4.98 Å². The Balaban J connectivity index is 1.49. The minimum atomic E-state index is -0.219. The van der Waals surface area contributed by atoms with Gasteiger partial charge in [-0.2, -0.15) is 0 Å². The Bertz CT molecular complexity index is 1170. The molecule has 4 aromatic rings. The highest BCUT2D eigenvalue weighted by molar-refractivity contribution is 7.21. The van der Waals surface area contributed by atoms with E-state index in [-0.39, 0.29) is 12.5 Å². The number of benzene rings is 3. The molecule has 0 saturated carbocycles. The largest absolute Gasteiger partial charge is 0.483 e. The number of anilines is 1. The Hall–Kier alpha value is -2.89. The molecule has 0 atom stereocenters. The van der Waals surface area contributed by atoms with Gasteiger partial charge < -0.3 is 10.1 Å². The van der Waals surface area contributed by atoms with Crippen molar-refractivity contribution < 1.29 is 9.53 Å². The molecule has 0 fully saturated rings. The molecule has 0 saturated heterocycles. The first-order valence-corrected chi connectivity index (χ1v) is 10.3. The summed E-state index contributed by atoms with van der Waals surface area (Å²) in [6, 6.07) is 19.3. The first-order chi connectivity index (χ1) is 14.0. The highest BCUT2D eigenvalue weighted by Gasteiger charge is 2.11. The van der Waals surface area contributed by atoms with E-state index in [0.29, 0.717) is 10.8 Å². The maximum atomic E-state index is 12.4. The molecule has 0 aliphatic heterocycles. The number of amides is 1. The van der Waals surface area contributed by atoms with E-state index in [1.807, 2.05) is 50.2 Å². The minimum Gasteiger partial charge on any atom is -0.483 e. The average Bonchev–Trinajstić information content (AvgIpc) is 3.13. The minimum absolute atomic E-state index is 0.0761. The molecule has 4 nitrogen and oxygen atoms in total. The van der Waals surface area contributed by atoms with Crippen molar-refractivity contribution >= 4 is 44.7 Å². The van der Waals surface area contributed by atoms with E-state index >= 15 is 0 Å². The van der Waals surface area contributed by atoms with E-state index in [9.17, 15) is 4.79 Å². The summed E-state index contributed by atoms with van der Waals surface area (Å²) in [5, 5.41) is 4.51.